The third kappa shape index (κ3) is 2.43. The predicted octanol–water partition coefficient (Wildman–Crippen LogP) is 0.596. The zero-order chi connectivity index (χ0) is 13.2. The Morgan fingerprint density at radius 2 is 2.39 bits per heavy atom. The summed E-state index contributed by atoms with van der Waals surface area (Å²) in [4.78, 5) is 0.160. The maximum absolute atomic E-state index is 12.2. The second kappa shape index (κ2) is 4.99. The molecule has 1 aromatic rings. The predicted molar refractivity (Wildman–Crippen MR) is 68.3 cm³/mol. The molecule has 0 bridgehead atoms. The van der Waals surface area contributed by atoms with Gasteiger partial charge in [-0.2, -0.15) is 5.10 Å². The summed E-state index contributed by atoms with van der Waals surface area (Å²) in [5.74, 6) is 0.248. The van der Waals surface area contributed by atoms with Crippen LogP contribution in [0.5, 0.6) is 0 Å². The van der Waals surface area contributed by atoms with E-state index in [4.69, 9.17) is 5.73 Å². The molecule has 2 rings (SSSR count). The van der Waals surface area contributed by atoms with Gasteiger partial charge in [0.05, 0.1) is 6.20 Å². The van der Waals surface area contributed by atoms with Crippen molar-refractivity contribution in [1.82, 2.24) is 14.9 Å². The normalized spacial score (nSPS) is 29.3. The number of aromatic amines is 1. The van der Waals surface area contributed by atoms with Crippen LogP contribution in [0, 0.1) is 5.92 Å². The molecule has 1 aliphatic carbocycles. The molecule has 1 aliphatic rings. The maximum Gasteiger partial charge on any atom is 0.244 e. The van der Waals surface area contributed by atoms with Crippen molar-refractivity contribution < 1.29 is 8.42 Å². The second-order valence-electron chi connectivity index (χ2n) is 5.05. The van der Waals surface area contributed by atoms with Crippen LogP contribution in [-0.4, -0.2) is 30.7 Å². The van der Waals surface area contributed by atoms with E-state index in [-0.39, 0.29) is 10.8 Å². The van der Waals surface area contributed by atoms with E-state index in [9.17, 15) is 8.42 Å². The second-order valence-corrected chi connectivity index (χ2v) is 6.73. The topological polar surface area (TPSA) is 101 Å². The number of H-pyrrole nitrogens is 1. The van der Waals surface area contributed by atoms with Gasteiger partial charge in [0.15, 0.2) is 0 Å². The number of nitrogens with two attached hydrogens (primary N) is 1. The average Bonchev–Trinajstić information content (AvgIpc) is 2.86. The lowest BCUT2D eigenvalue weighted by Crippen LogP contribution is -2.58. The van der Waals surface area contributed by atoms with Crippen LogP contribution in [0.3, 0.4) is 0 Å². The highest BCUT2D eigenvalue weighted by molar-refractivity contribution is 7.89. The molecule has 2 unspecified atom stereocenters. The van der Waals surface area contributed by atoms with Crippen molar-refractivity contribution in [2.75, 3.05) is 6.54 Å². The number of nitrogens with zero attached hydrogens (tertiary/aromatic N) is 1. The summed E-state index contributed by atoms with van der Waals surface area (Å²) in [5, 5.41) is 6.19. The van der Waals surface area contributed by atoms with E-state index < -0.39 is 15.6 Å². The lowest BCUT2D eigenvalue weighted by atomic mass is 9.74. The molecule has 4 N–H and O–H groups in total. The van der Waals surface area contributed by atoms with E-state index >= 15 is 0 Å². The Hall–Kier alpha value is -0.920. The Bertz CT molecular complexity index is 485. The first kappa shape index (κ1) is 13.5. The molecule has 18 heavy (non-hydrogen) atoms. The zero-order valence-corrected chi connectivity index (χ0v) is 11.3. The van der Waals surface area contributed by atoms with E-state index in [1.54, 1.807) is 0 Å². The quantitative estimate of drug-likeness (QED) is 0.747. The van der Waals surface area contributed by atoms with Crippen molar-refractivity contribution in [2.45, 2.75) is 43.0 Å². The first-order valence-electron chi connectivity index (χ1n) is 6.23. The van der Waals surface area contributed by atoms with Gasteiger partial charge >= 0.3 is 0 Å². The first-order chi connectivity index (χ1) is 8.50. The largest absolute Gasteiger partial charge is 0.329 e. The van der Waals surface area contributed by atoms with Crippen molar-refractivity contribution in [2.24, 2.45) is 11.7 Å². The standard InChI is InChI=1S/C11H20N4O2S/c1-9-4-2-3-5-11(9,8-12)15-18(16,17)10-6-13-14-7-10/h6-7,9,15H,2-5,8,12H2,1H3,(H,13,14). The average molecular weight is 272 g/mol. The van der Waals surface area contributed by atoms with Crippen LogP contribution in [0.1, 0.15) is 32.6 Å². The van der Waals surface area contributed by atoms with Gasteiger partial charge in [0.1, 0.15) is 4.90 Å². The molecule has 0 radical (unpaired) electrons. The minimum Gasteiger partial charge on any atom is -0.329 e. The molecule has 0 aromatic carbocycles. The van der Waals surface area contributed by atoms with E-state index in [1.165, 1.54) is 12.4 Å². The Labute approximate surface area is 107 Å². The third-order valence-electron chi connectivity index (χ3n) is 3.94. The van der Waals surface area contributed by atoms with Gasteiger partial charge in [-0.15, -0.1) is 0 Å². The summed E-state index contributed by atoms with van der Waals surface area (Å²) >= 11 is 0. The van der Waals surface area contributed by atoms with E-state index in [0.29, 0.717) is 6.54 Å². The first-order valence-corrected chi connectivity index (χ1v) is 7.71. The fraction of sp³-hybridized carbons (Fsp3) is 0.727. The van der Waals surface area contributed by atoms with Gasteiger partial charge in [0.2, 0.25) is 10.0 Å². The minimum atomic E-state index is -3.54. The van der Waals surface area contributed by atoms with Crippen LogP contribution in [-0.2, 0) is 10.0 Å². The molecule has 1 saturated carbocycles. The van der Waals surface area contributed by atoms with Gasteiger partial charge in [0, 0.05) is 18.3 Å². The van der Waals surface area contributed by atoms with Crippen molar-refractivity contribution in [3.8, 4) is 0 Å². The number of sulfonamides is 1. The van der Waals surface area contributed by atoms with E-state index in [1.807, 2.05) is 0 Å². The SMILES string of the molecule is CC1CCCCC1(CN)NS(=O)(=O)c1cn[nH]c1. The number of hydrogen-bond acceptors (Lipinski definition) is 4. The lowest BCUT2D eigenvalue weighted by Gasteiger charge is -2.42. The monoisotopic (exact) mass is 272 g/mol. The van der Waals surface area contributed by atoms with Gasteiger partial charge in [-0.1, -0.05) is 19.8 Å². The smallest absolute Gasteiger partial charge is 0.244 e. The van der Waals surface area contributed by atoms with Crippen LogP contribution in [0.4, 0.5) is 0 Å². The highest BCUT2D eigenvalue weighted by Crippen LogP contribution is 2.34. The number of rotatable bonds is 4. The van der Waals surface area contributed by atoms with Crippen LogP contribution in [0.25, 0.3) is 0 Å². The summed E-state index contributed by atoms with van der Waals surface area (Å²) in [6, 6.07) is 0. The van der Waals surface area contributed by atoms with E-state index in [2.05, 4.69) is 21.8 Å². The van der Waals surface area contributed by atoms with Gasteiger partial charge in [-0.05, 0) is 18.8 Å². The Morgan fingerprint density at radius 1 is 1.61 bits per heavy atom. The van der Waals surface area contributed by atoms with Gasteiger partial charge < -0.3 is 5.73 Å². The van der Waals surface area contributed by atoms with Gasteiger partial charge in [0.25, 0.3) is 0 Å². The van der Waals surface area contributed by atoms with Crippen LogP contribution in [0.15, 0.2) is 17.3 Å². The fourth-order valence-electron chi connectivity index (χ4n) is 2.62. The summed E-state index contributed by atoms with van der Waals surface area (Å²) in [6.45, 7) is 2.38. The Morgan fingerprint density at radius 3 is 2.94 bits per heavy atom. The van der Waals surface area contributed by atoms with Gasteiger partial charge in [-0.3, -0.25) is 5.10 Å². The molecule has 1 fully saturated rings. The number of hydrogen-bond donors (Lipinski definition) is 3. The molecule has 2 atom stereocenters. The molecule has 6 nitrogen and oxygen atoms in total. The summed E-state index contributed by atoms with van der Waals surface area (Å²) in [7, 11) is -3.54. The highest BCUT2D eigenvalue weighted by atomic mass is 32.2. The van der Waals surface area contributed by atoms with E-state index in [0.717, 1.165) is 25.7 Å². The molecule has 0 aliphatic heterocycles. The maximum atomic E-state index is 12.2. The summed E-state index contributed by atoms with van der Waals surface area (Å²) in [6.07, 6.45) is 6.62. The minimum absolute atomic E-state index is 0.160. The molecule has 102 valence electrons. The molecule has 1 aromatic heterocycles. The summed E-state index contributed by atoms with van der Waals surface area (Å²) < 4.78 is 27.3. The molecule has 0 saturated heterocycles. The highest BCUT2D eigenvalue weighted by Gasteiger charge is 2.40. The molecular formula is C11H20N4O2S. The zero-order valence-electron chi connectivity index (χ0n) is 10.5. The van der Waals surface area contributed by atoms with Crippen LogP contribution < -0.4 is 10.5 Å². The molecule has 1 heterocycles. The van der Waals surface area contributed by atoms with Crippen molar-refractivity contribution in [3.05, 3.63) is 12.4 Å². The molecule has 7 heteroatoms. The molecule has 0 spiro atoms. The van der Waals surface area contributed by atoms with Crippen molar-refractivity contribution in [3.63, 3.8) is 0 Å². The molecule has 0 amide bonds. The van der Waals surface area contributed by atoms with Crippen molar-refractivity contribution >= 4 is 10.0 Å². The van der Waals surface area contributed by atoms with Crippen molar-refractivity contribution in [1.29, 1.82) is 0 Å². The number of aromatic nitrogens is 2. The summed E-state index contributed by atoms with van der Waals surface area (Å²) in [5.41, 5.74) is 5.32. The van der Waals surface area contributed by atoms with Gasteiger partial charge in [-0.25, -0.2) is 13.1 Å². The fourth-order valence-corrected chi connectivity index (χ4v) is 4.06. The lowest BCUT2D eigenvalue weighted by molar-refractivity contribution is 0.191. The molecular weight excluding hydrogens is 252 g/mol. The number of nitrogens with one attached hydrogen (secondary N) is 2. The van der Waals surface area contributed by atoms with Crippen LogP contribution >= 0.6 is 0 Å². The third-order valence-corrected chi connectivity index (χ3v) is 5.46. The van der Waals surface area contributed by atoms with Crippen LogP contribution in [0.2, 0.25) is 0 Å². The Balaban J connectivity index is 2.25. The Kier molecular flexibility index (Phi) is 3.74.